The topological polar surface area (TPSA) is 57.5 Å². The number of carbonyl (C=O) groups is 1. The van der Waals surface area contributed by atoms with Gasteiger partial charge in [0.2, 0.25) is 0 Å². The van der Waals surface area contributed by atoms with E-state index in [1.54, 1.807) is 0 Å². The molecule has 5 aliphatic carbocycles. The molecule has 0 amide bonds. The van der Waals surface area contributed by atoms with E-state index in [0.717, 1.165) is 51.4 Å². The highest BCUT2D eigenvalue weighted by Crippen LogP contribution is 2.74. The SMILES string of the molecule is CC1CC[C@]2(C(=O)O)CCC3(C)C(=C2[C@H]1C)C=CC1[C@@]2(C)CC[C@H](O)C(C)(C)C2CC[C@]13C. The van der Waals surface area contributed by atoms with Gasteiger partial charge in [0.05, 0.1) is 11.5 Å². The summed E-state index contributed by atoms with van der Waals surface area (Å²) in [4.78, 5) is 12.8. The molecule has 3 saturated carbocycles. The second-order valence-corrected chi connectivity index (χ2v) is 14.1. The molecule has 0 radical (unpaired) electrons. The molecule has 184 valence electrons. The molecule has 4 unspecified atom stereocenters. The summed E-state index contributed by atoms with van der Waals surface area (Å²) in [5, 5.41) is 21.4. The van der Waals surface area contributed by atoms with Crippen LogP contribution in [0.15, 0.2) is 23.3 Å². The first-order chi connectivity index (χ1) is 15.3. The summed E-state index contributed by atoms with van der Waals surface area (Å²) in [5.74, 6) is 1.26. The fourth-order valence-corrected chi connectivity index (χ4v) is 10.2. The molecule has 0 saturated heterocycles. The predicted molar refractivity (Wildman–Crippen MR) is 133 cm³/mol. The lowest BCUT2D eigenvalue weighted by molar-refractivity contribution is -0.183. The fraction of sp³-hybridized carbons (Fsp3) is 0.833. The van der Waals surface area contributed by atoms with Crippen LogP contribution >= 0.6 is 0 Å². The molecule has 0 aromatic heterocycles. The summed E-state index contributed by atoms with van der Waals surface area (Å²) in [6.45, 7) is 16.7. The van der Waals surface area contributed by atoms with Crippen LogP contribution in [0.5, 0.6) is 0 Å². The second kappa shape index (κ2) is 6.99. The lowest BCUT2D eigenvalue weighted by atomic mass is 9.35. The first-order valence-corrected chi connectivity index (χ1v) is 13.6. The van der Waals surface area contributed by atoms with Crippen LogP contribution in [0.1, 0.15) is 99.8 Å². The van der Waals surface area contributed by atoms with Crippen molar-refractivity contribution in [1.29, 1.82) is 0 Å². The third kappa shape index (κ3) is 2.69. The Labute approximate surface area is 201 Å². The Balaban J connectivity index is 1.69. The van der Waals surface area contributed by atoms with Crippen molar-refractivity contribution in [3.05, 3.63) is 23.3 Å². The van der Waals surface area contributed by atoms with E-state index in [0.29, 0.717) is 23.7 Å². The molecule has 33 heavy (non-hydrogen) atoms. The molecule has 0 aromatic rings. The number of rotatable bonds is 1. The molecule has 3 heteroatoms. The molecule has 3 nitrogen and oxygen atoms in total. The van der Waals surface area contributed by atoms with E-state index in [1.165, 1.54) is 11.1 Å². The average Bonchev–Trinajstić information content (AvgIpc) is 2.74. The monoisotopic (exact) mass is 454 g/mol. The first kappa shape index (κ1) is 23.6. The number of aliphatic carboxylic acids is 1. The Bertz CT molecular complexity index is 929. The molecule has 9 atom stereocenters. The molecule has 5 rings (SSSR count). The van der Waals surface area contributed by atoms with Crippen LogP contribution in [0.2, 0.25) is 0 Å². The molecule has 0 heterocycles. The van der Waals surface area contributed by atoms with E-state index in [4.69, 9.17) is 0 Å². The van der Waals surface area contributed by atoms with E-state index >= 15 is 0 Å². The summed E-state index contributed by atoms with van der Waals surface area (Å²) < 4.78 is 0. The highest BCUT2D eigenvalue weighted by Gasteiger charge is 2.67. The van der Waals surface area contributed by atoms with Crippen LogP contribution in [0, 0.1) is 50.7 Å². The number of aliphatic hydroxyl groups excluding tert-OH is 1. The average molecular weight is 455 g/mol. The highest BCUT2D eigenvalue weighted by atomic mass is 16.4. The van der Waals surface area contributed by atoms with Gasteiger partial charge in [-0.05, 0) is 108 Å². The van der Waals surface area contributed by atoms with Crippen molar-refractivity contribution < 1.29 is 15.0 Å². The minimum absolute atomic E-state index is 0.0141. The second-order valence-electron chi connectivity index (χ2n) is 14.1. The summed E-state index contributed by atoms with van der Waals surface area (Å²) in [5.41, 5.74) is 2.25. The van der Waals surface area contributed by atoms with Gasteiger partial charge >= 0.3 is 5.97 Å². The standard InChI is InChI=1S/C30H46O3/c1-18-10-15-30(25(32)33)17-16-28(6)20(24(30)19(18)2)8-9-22-27(5)13-12-23(31)26(3,4)21(27)11-14-29(22,28)7/h8-9,18-19,21-23,31H,10-17H2,1-7H3,(H,32,33)/t18?,19-,21?,22?,23-,27-,28?,29+,30-/m0/s1. The number of aliphatic hydroxyl groups is 1. The first-order valence-electron chi connectivity index (χ1n) is 13.6. The van der Waals surface area contributed by atoms with Gasteiger partial charge < -0.3 is 10.2 Å². The molecule has 5 aliphatic rings. The summed E-state index contributed by atoms with van der Waals surface area (Å²) in [7, 11) is 0. The number of hydrogen-bond donors (Lipinski definition) is 2. The zero-order valence-corrected chi connectivity index (χ0v) is 22.0. The maximum absolute atomic E-state index is 12.8. The fourth-order valence-electron chi connectivity index (χ4n) is 10.2. The number of carboxylic acid groups (broad SMARTS) is 1. The van der Waals surface area contributed by atoms with E-state index in [-0.39, 0.29) is 27.8 Å². The van der Waals surface area contributed by atoms with Crippen molar-refractivity contribution >= 4 is 5.97 Å². The Morgan fingerprint density at radius 3 is 2.30 bits per heavy atom. The van der Waals surface area contributed by atoms with Gasteiger partial charge in [0, 0.05) is 0 Å². The zero-order chi connectivity index (χ0) is 24.2. The molecule has 0 spiro atoms. The molecule has 3 fully saturated rings. The van der Waals surface area contributed by atoms with Crippen LogP contribution in [0.4, 0.5) is 0 Å². The summed E-state index contributed by atoms with van der Waals surface area (Å²) in [6, 6.07) is 0. The van der Waals surface area contributed by atoms with Crippen LogP contribution in [0.25, 0.3) is 0 Å². The Morgan fingerprint density at radius 2 is 1.64 bits per heavy atom. The number of hydrogen-bond acceptors (Lipinski definition) is 2. The van der Waals surface area contributed by atoms with Gasteiger partial charge in [0.25, 0.3) is 0 Å². The molecular weight excluding hydrogens is 408 g/mol. The van der Waals surface area contributed by atoms with E-state index in [2.05, 4.69) is 60.6 Å². The maximum atomic E-state index is 12.8. The predicted octanol–water partition coefficient (Wildman–Crippen LogP) is 7.01. The number of fused-ring (bicyclic) bond motifs is 6. The van der Waals surface area contributed by atoms with Crippen LogP contribution in [0.3, 0.4) is 0 Å². The van der Waals surface area contributed by atoms with Gasteiger partial charge in [-0.15, -0.1) is 0 Å². The maximum Gasteiger partial charge on any atom is 0.313 e. The van der Waals surface area contributed by atoms with Gasteiger partial charge in [-0.1, -0.05) is 60.6 Å². The van der Waals surface area contributed by atoms with Crippen molar-refractivity contribution in [2.24, 2.45) is 50.7 Å². The third-order valence-corrected chi connectivity index (χ3v) is 12.8. The summed E-state index contributed by atoms with van der Waals surface area (Å²) in [6.07, 6.45) is 12.6. The van der Waals surface area contributed by atoms with Gasteiger partial charge in [-0.25, -0.2) is 0 Å². The molecular formula is C30H46O3. The van der Waals surface area contributed by atoms with Crippen molar-refractivity contribution in [3.63, 3.8) is 0 Å². The Hall–Kier alpha value is -1.09. The minimum Gasteiger partial charge on any atom is -0.481 e. The Kier molecular flexibility index (Phi) is 5.01. The van der Waals surface area contributed by atoms with E-state index in [9.17, 15) is 15.0 Å². The van der Waals surface area contributed by atoms with Crippen LogP contribution in [-0.2, 0) is 4.79 Å². The molecule has 2 N–H and O–H groups in total. The van der Waals surface area contributed by atoms with Crippen LogP contribution in [-0.4, -0.2) is 22.3 Å². The quantitative estimate of drug-likeness (QED) is 0.448. The normalized spacial score (nSPS) is 52.9. The minimum atomic E-state index is -0.660. The molecule has 0 aromatic carbocycles. The van der Waals surface area contributed by atoms with Crippen molar-refractivity contribution in [1.82, 2.24) is 0 Å². The lowest BCUT2D eigenvalue weighted by Crippen LogP contribution is -2.63. The van der Waals surface area contributed by atoms with Crippen molar-refractivity contribution in [2.75, 3.05) is 0 Å². The van der Waals surface area contributed by atoms with E-state index < -0.39 is 11.4 Å². The van der Waals surface area contributed by atoms with Crippen molar-refractivity contribution in [3.8, 4) is 0 Å². The smallest absolute Gasteiger partial charge is 0.313 e. The Morgan fingerprint density at radius 1 is 0.939 bits per heavy atom. The third-order valence-electron chi connectivity index (χ3n) is 12.8. The lowest BCUT2D eigenvalue weighted by Gasteiger charge is -2.69. The number of carboxylic acids is 1. The highest BCUT2D eigenvalue weighted by molar-refractivity contribution is 5.80. The number of allylic oxidation sites excluding steroid dienone is 3. The largest absolute Gasteiger partial charge is 0.481 e. The van der Waals surface area contributed by atoms with Gasteiger partial charge in [-0.2, -0.15) is 0 Å². The van der Waals surface area contributed by atoms with Gasteiger partial charge in [-0.3, -0.25) is 4.79 Å². The zero-order valence-electron chi connectivity index (χ0n) is 22.0. The summed E-state index contributed by atoms with van der Waals surface area (Å²) >= 11 is 0. The van der Waals surface area contributed by atoms with Gasteiger partial charge in [0.15, 0.2) is 0 Å². The van der Waals surface area contributed by atoms with Gasteiger partial charge in [0.1, 0.15) is 0 Å². The van der Waals surface area contributed by atoms with Crippen molar-refractivity contribution in [2.45, 2.75) is 106 Å². The molecule has 0 bridgehead atoms. The van der Waals surface area contributed by atoms with Crippen LogP contribution < -0.4 is 0 Å². The molecule has 0 aliphatic heterocycles. The van der Waals surface area contributed by atoms with E-state index in [1.807, 2.05) is 0 Å².